The molecule has 0 aliphatic rings. The third-order valence-corrected chi connectivity index (χ3v) is 3.42. The molecule has 23 heavy (non-hydrogen) atoms. The molecule has 0 atom stereocenters. The lowest BCUT2D eigenvalue weighted by atomic mass is 10.1. The molecular formula is C19H18N2O2. The second kappa shape index (κ2) is 7.81. The van der Waals surface area contributed by atoms with E-state index < -0.39 is 0 Å². The summed E-state index contributed by atoms with van der Waals surface area (Å²) in [5, 5.41) is 8.79. The number of carbonyl (C=O) groups excluding carboxylic acids is 1. The Morgan fingerprint density at radius 1 is 1.22 bits per heavy atom. The van der Waals surface area contributed by atoms with Gasteiger partial charge in [0.05, 0.1) is 18.7 Å². The normalized spacial score (nSPS) is 10.3. The summed E-state index contributed by atoms with van der Waals surface area (Å²) in [5.74, 6) is 0.631. The zero-order valence-electron chi connectivity index (χ0n) is 13.2. The molecule has 116 valence electrons. The van der Waals surface area contributed by atoms with Gasteiger partial charge in [0.2, 0.25) is 5.91 Å². The Labute approximate surface area is 136 Å². The Morgan fingerprint density at radius 3 is 2.57 bits per heavy atom. The lowest BCUT2D eigenvalue weighted by Crippen LogP contribution is -2.24. The zero-order valence-corrected chi connectivity index (χ0v) is 13.2. The number of benzene rings is 2. The van der Waals surface area contributed by atoms with E-state index in [0.717, 1.165) is 16.9 Å². The molecule has 0 fully saturated rings. The highest BCUT2D eigenvalue weighted by Gasteiger charge is 2.06. The van der Waals surface area contributed by atoms with Crippen LogP contribution < -0.4 is 4.74 Å². The van der Waals surface area contributed by atoms with Crippen molar-refractivity contribution in [3.05, 3.63) is 71.3 Å². The summed E-state index contributed by atoms with van der Waals surface area (Å²) in [4.78, 5) is 13.8. The number of hydrogen-bond acceptors (Lipinski definition) is 3. The van der Waals surface area contributed by atoms with Crippen molar-refractivity contribution in [2.45, 2.75) is 6.54 Å². The Hall–Kier alpha value is -3.06. The summed E-state index contributed by atoms with van der Waals surface area (Å²) in [6, 6.07) is 16.8. The maximum atomic E-state index is 12.2. The third-order valence-electron chi connectivity index (χ3n) is 3.42. The lowest BCUT2D eigenvalue weighted by Gasteiger charge is -2.15. The van der Waals surface area contributed by atoms with Gasteiger partial charge in [-0.15, -0.1) is 0 Å². The van der Waals surface area contributed by atoms with Crippen LogP contribution in [-0.4, -0.2) is 25.0 Å². The van der Waals surface area contributed by atoms with Crippen LogP contribution in [0.4, 0.5) is 0 Å². The minimum absolute atomic E-state index is 0.0970. The number of methoxy groups -OCH3 is 1. The summed E-state index contributed by atoms with van der Waals surface area (Å²) in [6.07, 6.45) is 3.28. The van der Waals surface area contributed by atoms with Crippen molar-refractivity contribution < 1.29 is 9.53 Å². The average molecular weight is 306 g/mol. The molecule has 4 heteroatoms. The van der Waals surface area contributed by atoms with E-state index in [2.05, 4.69) is 6.07 Å². The van der Waals surface area contributed by atoms with E-state index >= 15 is 0 Å². The maximum absolute atomic E-state index is 12.2. The number of amides is 1. The Bertz CT molecular complexity index is 743. The van der Waals surface area contributed by atoms with Crippen LogP contribution in [0.2, 0.25) is 0 Å². The molecule has 1 amide bonds. The molecule has 4 nitrogen and oxygen atoms in total. The predicted molar refractivity (Wildman–Crippen MR) is 89.7 cm³/mol. The summed E-state index contributed by atoms with van der Waals surface area (Å²) >= 11 is 0. The van der Waals surface area contributed by atoms with E-state index in [1.807, 2.05) is 36.4 Å². The lowest BCUT2D eigenvalue weighted by molar-refractivity contribution is -0.125. The standard InChI is InChI=1S/C19H18N2O2/c1-21(14-16-9-7-15(13-20)8-10-16)19(22)12-11-17-5-3-4-6-18(17)23-2/h3-12H,14H2,1-2H3/b12-11+. The maximum Gasteiger partial charge on any atom is 0.246 e. The first kappa shape index (κ1) is 16.3. The first-order valence-electron chi connectivity index (χ1n) is 7.19. The van der Waals surface area contributed by atoms with Gasteiger partial charge in [-0.05, 0) is 29.8 Å². The molecular weight excluding hydrogens is 288 g/mol. The topological polar surface area (TPSA) is 53.3 Å². The number of hydrogen-bond donors (Lipinski definition) is 0. The highest BCUT2D eigenvalue weighted by atomic mass is 16.5. The Morgan fingerprint density at radius 2 is 1.91 bits per heavy atom. The zero-order chi connectivity index (χ0) is 16.7. The number of likely N-dealkylation sites (N-methyl/N-ethyl adjacent to an activating group) is 1. The van der Waals surface area contributed by atoms with Gasteiger partial charge in [0.15, 0.2) is 0 Å². The van der Waals surface area contributed by atoms with Crippen molar-refractivity contribution in [1.29, 1.82) is 5.26 Å². The van der Waals surface area contributed by atoms with Gasteiger partial charge in [-0.25, -0.2) is 0 Å². The smallest absolute Gasteiger partial charge is 0.246 e. The van der Waals surface area contributed by atoms with E-state index in [-0.39, 0.29) is 5.91 Å². The largest absolute Gasteiger partial charge is 0.496 e. The molecule has 0 radical (unpaired) electrons. The van der Waals surface area contributed by atoms with E-state index in [4.69, 9.17) is 10.00 Å². The molecule has 0 aliphatic carbocycles. The van der Waals surface area contributed by atoms with Crippen LogP contribution in [0.15, 0.2) is 54.6 Å². The summed E-state index contributed by atoms with van der Waals surface area (Å²) in [7, 11) is 3.35. The van der Waals surface area contributed by atoms with Crippen molar-refractivity contribution in [2.75, 3.05) is 14.2 Å². The first-order valence-corrected chi connectivity index (χ1v) is 7.19. The van der Waals surface area contributed by atoms with Gasteiger partial charge in [-0.1, -0.05) is 30.3 Å². The van der Waals surface area contributed by atoms with Crippen molar-refractivity contribution in [3.63, 3.8) is 0 Å². The number of para-hydroxylation sites is 1. The minimum atomic E-state index is -0.0970. The van der Waals surface area contributed by atoms with Crippen LogP contribution in [-0.2, 0) is 11.3 Å². The van der Waals surface area contributed by atoms with Gasteiger partial charge < -0.3 is 9.64 Å². The predicted octanol–water partition coefficient (Wildman–Crippen LogP) is 3.24. The molecule has 0 unspecified atom stereocenters. The van der Waals surface area contributed by atoms with Gasteiger partial charge in [0.1, 0.15) is 5.75 Å². The average Bonchev–Trinajstić information content (AvgIpc) is 2.60. The van der Waals surface area contributed by atoms with E-state index in [9.17, 15) is 4.79 Å². The van der Waals surface area contributed by atoms with Gasteiger partial charge in [-0.2, -0.15) is 5.26 Å². The first-order chi connectivity index (χ1) is 11.1. The van der Waals surface area contributed by atoms with Crippen LogP contribution in [0.25, 0.3) is 6.08 Å². The van der Waals surface area contributed by atoms with E-state index in [1.165, 1.54) is 6.08 Å². The SMILES string of the molecule is COc1ccccc1/C=C/C(=O)N(C)Cc1ccc(C#N)cc1. The monoisotopic (exact) mass is 306 g/mol. The summed E-state index contributed by atoms with van der Waals surface area (Å²) in [6.45, 7) is 0.487. The Kier molecular flexibility index (Phi) is 5.54. The number of nitriles is 1. The molecule has 2 aromatic carbocycles. The second-order valence-electron chi connectivity index (χ2n) is 5.08. The van der Waals surface area contributed by atoms with E-state index in [0.29, 0.717) is 12.1 Å². The molecule has 0 bridgehead atoms. The fraction of sp³-hybridized carbons (Fsp3) is 0.158. The second-order valence-corrected chi connectivity index (χ2v) is 5.08. The van der Waals surface area contributed by atoms with E-state index in [1.54, 1.807) is 37.3 Å². The number of nitrogens with zero attached hydrogens (tertiary/aromatic N) is 2. The fourth-order valence-corrected chi connectivity index (χ4v) is 2.13. The van der Waals surface area contributed by atoms with Crippen molar-refractivity contribution in [1.82, 2.24) is 4.90 Å². The van der Waals surface area contributed by atoms with Crippen LogP contribution in [0.5, 0.6) is 5.75 Å². The minimum Gasteiger partial charge on any atom is -0.496 e. The summed E-state index contributed by atoms with van der Waals surface area (Å²) in [5.41, 5.74) is 2.44. The third kappa shape index (κ3) is 4.45. The van der Waals surface area contributed by atoms with Gasteiger partial charge >= 0.3 is 0 Å². The van der Waals surface area contributed by atoms with Crippen LogP contribution >= 0.6 is 0 Å². The van der Waals surface area contributed by atoms with Gasteiger partial charge in [0.25, 0.3) is 0 Å². The van der Waals surface area contributed by atoms with Crippen LogP contribution in [0.1, 0.15) is 16.7 Å². The quantitative estimate of drug-likeness (QED) is 0.797. The highest BCUT2D eigenvalue weighted by molar-refractivity contribution is 5.92. The van der Waals surface area contributed by atoms with Crippen molar-refractivity contribution in [2.24, 2.45) is 0 Å². The summed E-state index contributed by atoms with van der Waals surface area (Å²) < 4.78 is 5.25. The molecule has 0 aliphatic heterocycles. The van der Waals surface area contributed by atoms with Crippen LogP contribution in [0, 0.1) is 11.3 Å². The number of ether oxygens (including phenoxy) is 1. The molecule has 0 saturated heterocycles. The molecule has 0 heterocycles. The molecule has 0 saturated carbocycles. The van der Waals surface area contributed by atoms with Gasteiger partial charge in [0, 0.05) is 25.2 Å². The Balaban J connectivity index is 2.01. The van der Waals surface area contributed by atoms with Crippen molar-refractivity contribution >= 4 is 12.0 Å². The number of carbonyl (C=O) groups is 1. The molecule has 0 aromatic heterocycles. The fourth-order valence-electron chi connectivity index (χ4n) is 2.13. The van der Waals surface area contributed by atoms with Crippen LogP contribution in [0.3, 0.4) is 0 Å². The molecule has 0 spiro atoms. The van der Waals surface area contributed by atoms with Crippen molar-refractivity contribution in [3.8, 4) is 11.8 Å². The molecule has 0 N–H and O–H groups in total. The molecule has 2 rings (SSSR count). The molecule has 2 aromatic rings. The van der Waals surface area contributed by atoms with Gasteiger partial charge in [-0.3, -0.25) is 4.79 Å². The number of rotatable bonds is 5. The highest BCUT2D eigenvalue weighted by Crippen LogP contribution is 2.18.